The summed E-state index contributed by atoms with van der Waals surface area (Å²) in [5.41, 5.74) is 0.293. The van der Waals surface area contributed by atoms with Gasteiger partial charge in [0.15, 0.2) is 5.82 Å². The van der Waals surface area contributed by atoms with E-state index < -0.39 is 5.60 Å². The van der Waals surface area contributed by atoms with Crippen LogP contribution in [0.15, 0.2) is 36.5 Å². The molecule has 2 aromatic heterocycles. The number of urea groups is 1. The topological polar surface area (TPSA) is 111 Å². The zero-order valence-corrected chi connectivity index (χ0v) is 15.8. The van der Waals surface area contributed by atoms with Crippen LogP contribution in [-0.4, -0.2) is 58.3 Å². The molecule has 9 heteroatoms. The molecule has 1 aliphatic carbocycles. The van der Waals surface area contributed by atoms with Crippen LogP contribution < -0.4 is 20.4 Å². The molecule has 29 heavy (non-hydrogen) atoms. The van der Waals surface area contributed by atoms with E-state index in [9.17, 15) is 14.7 Å². The summed E-state index contributed by atoms with van der Waals surface area (Å²) < 4.78 is 0. The maximum atomic E-state index is 13.0. The average Bonchev–Trinajstić information content (AvgIpc) is 3.33. The predicted octanol–water partition coefficient (Wildman–Crippen LogP) is 1.36. The number of anilines is 3. The van der Waals surface area contributed by atoms with E-state index >= 15 is 0 Å². The van der Waals surface area contributed by atoms with Crippen molar-refractivity contribution in [1.82, 2.24) is 15.3 Å². The Morgan fingerprint density at radius 2 is 2.10 bits per heavy atom. The van der Waals surface area contributed by atoms with Crippen molar-refractivity contribution in [3.05, 3.63) is 42.2 Å². The lowest BCUT2D eigenvalue weighted by atomic mass is 10.1. The van der Waals surface area contributed by atoms with Gasteiger partial charge < -0.3 is 15.3 Å². The van der Waals surface area contributed by atoms with Crippen molar-refractivity contribution < 1.29 is 14.7 Å². The monoisotopic (exact) mass is 394 g/mol. The van der Waals surface area contributed by atoms with Crippen LogP contribution in [0.4, 0.5) is 22.1 Å². The summed E-state index contributed by atoms with van der Waals surface area (Å²) >= 11 is 0. The van der Waals surface area contributed by atoms with Crippen molar-refractivity contribution >= 4 is 29.3 Å². The fourth-order valence-corrected chi connectivity index (χ4v) is 3.86. The summed E-state index contributed by atoms with van der Waals surface area (Å²) in [6, 6.07) is 8.50. The van der Waals surface area contributed by atoms with Gasteiger partial charge in [0.05, 0.1) is 17.3 Å². The molecular weight excluding hydrogens is 372 g/mol. The molecule has 3 amide bonds. The van der Waals surface area contributed by atoms with Gasteiger partial charge in [-0.2, -0.15) is 0 Å². The van der Waals surface area contributed by atoms with Crippen LogP contribution in [-0.2, 0) is 0 Å². The number of amides is 3. The summed E-state index contributed by atoms with van der Waals surface area (Å²) in [6.45, 7) is 1.79. The summed E-state index contributed by atoms with van der Waals surface area (Å²) in [5.74, 6) is 0.585. The molecule has 1 unspecified atom stereocenters. The maximum absolute atomic E-state index is 13.0. The van der Waals surface area contributed by atoms with Crippen molar-refractivity contribution in [3.63, 3.8) is 0 Å². The molecule has 2 aliphatic heterocycles. The van der Waals surface area contributed by atoms with Gasteiger partial charge in [0.25, 0.3) is 5.91 Å². The van der Waals surface area contributed by atoms with Crippen molar-refractivity contribution in [3.8, 4) is 0 Å². The Balaban J connectivity index is 1.42. The Morgan fingerprint density at radius 3 is 2.86 bits per heavy atom. The second-order valence-electron chi connectivity index (χ2n) is 7.85. The zero-order chi connectivity index (χ0) is 20.0. The molecule has 1 saturated heterocycles. The number of fused-ring (bicyclic) bond motifs is 4. The second-order valence-corrected chi connectivity index (χ2v) is 7.85. The minimum absolute atomic E-state index is 0.0100. The Labute approximate surface area is 167 Å². The van der Waals surface area contributed by atoms with Crippen LogP contribution in [0.25, 0.3) is 0 Å². The van der Waals surface area contributed by atoms with E-state index in [0.29, 0.717) is 24.5 Å². The highest BCUT2D eigenvalue weighted by Gasteiger charge is 2.42. The summed E-state index contributed by atoms with van der Waals surface area (Å²) in [7, 11) is 0. The van der Waals surface area contributed by atoms with E-state index in [-0.39, 0.29) is 30.2 Å². The molecular formula is C20H22N6O3. The quantitative estimate of drug-likeness (QED) is 0.722. The van der Waals surface area contributed by atoms with E-state index in [1.165, 1.54) is 0 Å². The fraction of sp³-hybridized carbons (Fsp3) is 0.400. The molecule has 5 rings (SSSR count). The SMILES string of the molecule is O=C(NCC1(O)CC1)c1ccc2c(n1)N(C(=O)Nc1ccccn1)C1CCN2C1. The van der Waals surface area contributed by atoms with Gasteiger partial charge >= 0.3 is 6.03 Å². The molecule has 0 radical (unpaired) electrons. The Bertz CT molecular complexity index is 962. The van der Waals surface area contributed by atoms with Crippen LogP contribution in [0.1, 0.15) is 29.8 Å². The normalized spacial score (nSPS) is 20.8. The molecule has 3 N–H and O–H groups in total. The Hall–Kier alpha value is -3.20. The summed E-state index contributed by atoms with van der Waals surface area (Å²) in [5, 5.41) is 15.5. The lowest BCUT2D eigenvalue weighted by Crippen LogP contribution is -2.48. The number of carbonyl (C=O) groups excluding carboxylic acids is 2. The lowest BCUT2D eigenvalue weighted by molar-refractivity contribution is 0.0891. The van der Waals surface area contributed by atoms with E-state index in [2.05, 4.69) is 25.5 Å². The van der Waals surface area contributed by atoms with E-state index in [4.69, 9.17) is 0 Å². The highest BCUT2D eigenvalue weighted by atomic mass is 16.3. The van der Waals surface area contributed by atoms with E-state index in [1.807, 2.05) is 6.07 Å². The molecule has 1 atom stereocenters. The van der Waals surface area contributed by atoms with E-state index in [1.54, 1.807) is 35.4 Å². The van der Waals surface area contributed by atoms with Crippen LogP contribution >= 0.6 is 0 Å². The Morgan fingerprint density at radius 1 is 1.24 bits per heavy atom. The molecule has 150 valence electrons. The number of rotatable bonds is 4. The minimum Gasteiger partial charge on any atom is -0.388 e. The molecule has 2 bridgehead atoms. The smallest absolute Gasteiger partial charge is 0.329 e. The fourth-order valence-electron chi connectivity index (χ4n) is 3.86. The third-order valence-electron chi connectivity index (χ3n) is 5.71. The van der Waals surface area contributed by atoms with Gasteiger partial charge in [-0.15, -0.1) is 0 Å². The number of carbonyl (C=O) groups is 2. The highest BCUT2D eigenvalue weighted by molar-refractivity contribution is 6.05. The number of nitrogens with one attached hydrogen (secondary N) is 2. The van der Waals surface area contributed by atoms with Crippen LogP contribution in [0.5, 0.6) is 0 Å². The first-order valence-electron chi connectivity index (χ1n) is 9.80. The van der Waals surface area contributed by atoms with Crippen molar-refractivity contribution in [2.75, 3.05) is 34.8 Å². The van der Waals surface area contributed by atoms with E-state index in [0.717, 1.165) is 25.2 Å². The number of hydrogen-bond donors (Lipinski definition) is 3. The minimum atomic E-state index is -0.775. The summed E-state index contributed by atoms with van der Waals surface area (Å²) in [6.07, 6.45) is 3.85. The first kappa shape index (κ1) is 17.9. The molecule has 4 heterocycles. The largest absolute Gasteiger partial charge is 0.388 e. The van der Waals surface area contributed by atoms with Gasteiger partial charge in [-0.3, -0.25) is 15.0 Å². The first-order chi connectivity index (χ1) is 14.0. The van der Waals surface area contributed by atoms with Crippen molar-refractivity contribution in [2.24, 2.45) is 0 Å². The van der Waals surface area contributed by atoms with Crippen LogP contribution in [0.3, 0.4) is 0 Å². The third kappa shape index (κ3) is 3.38. The number of aromatic nitrogens is 2. The number of hydrogen-bond acceptors (Lipinski definition) is 6. The van der Waals surface area contributed by atoms with Gasteiger partial charge in [-0.05, 0) is 43.5 Å². The molecule has 2 aromatic rings. The summed E-state index contributed by atoms with van der Waals surface area (Å²) in [4.78, 5) is 38.1. The molecule has 9 nitrogen and oxygen atoms in total. The first-order valence-corrected chi connectivity index (χ1v) is 9.80. The Kier molecular flexibility index (Phi) is 4.13. The van der Waals surface area contributed by atoms with Gasteiger partial charge in [0, 0.05) is 25.8 Å². The lowest BCUT2D eigenvalue weighted by Gasteiger charge is -2.35. The van der Waals surface area contributed by atoms with Crippen LogP contribution in [0, 0.1) is 0 Å². The van der Waals surface area contributed by atoms with Crippen LogP contribution in [0.2, 0.25) is 0 Å². The number of aliphatic hydroxyl groups is 1. The zero-order valence-electron chi connectivity index (χ0n) is 15.8. The maximum Gasteiger partial charge on any atom is 0.329 e. The molecule has 0 spiro atoms. The standard InChI is InChI=1S/C20H22N6O3/c27-18(22-12-20(29)7-8-20)14-4-5-15-17(23-14)26(13-6-10-25(15)11-13)19(28)24-16-3-1-2-9-21-16/h1-5,9,13,29H,6-8,10-12H2,(H,22,27)(H,21,24,28). The second kappa shape index (κ2) is 6.70. The number of nitrogens with zero attached hydrogens (tertiary/aromatic N) is 4. The highest BCUT2D eigenvalue weighted by Crippen LogP contribution is 2.39. The third-order valence-corrected chi connectivity index (χ3v) is 5.71. The molecule has 1 saturated carbocycles. The average molecular weight is 394 g/mol. The molecule has 0 aromatic carbocycles. The van der Waals surface area contributed by atoms with Gasteiger partial charge in [-0.25, -0.2) is 14.8 Å². The number of pyridine rings is 2. The predicted molar refractivity (Wildman–Crippen MR) is 107 cm³/mol. The molecule has 3 aliphatic rings. The van der Waals surface area contributed by atoms with Gasteiger partial charge in [0.1, 0.15) is 11.5 Å². The van der Waals surface area contributed by atoms with Gasteiger partial charge in [0.2, 0.25) is 0 Å². The molecule has 2 fully saturated rings. The van der Waals surface area contributed by atoms with Crippen molar-refractivity contribution in [1.29, 1.82) is 0 Å². The van der Waals surface area contributed by atoms with Crippen molar-refractivity contribution in [2.45, 2.75) is 30.9 Å². The van der Waals surface area contributed by atoms with Gasteiger partial charge in [-0.1, -0.05) is 6.07 Å².